The zero-order valence-corrected chi connectivity index (χ0v) is 11.0. The molecule has 0 spiro atoms. The highest BCUT2D eigenvalue weighted by Crippen LogP contribution is 2.03. The van der Waals surface area contributed by atoms with E-state index in [1.54, 1.807) is 0 Å². The largest absolute Gasteiger partial charge is 0.481 e. The molecule has 0 radical (unpaired) electrons. The van der Waals surface area contributed by atoms with Gasteiger partial charge in [-0.05, 0) is 7.05 Å². The molecule has 0 aliphatic carbocycles. The summed E-state index contributed by atoms with van der Waals surface area (Å²) in [6.07, 6.45) is 0. The van der Waals surface area contributed by atoms with E-state index >= 15 is 0 Å². The van der Waals surface area contributed by atoms with Crippen molar-refractivity contribution in [3.8, 4) is 0 Å². The van der Waals surface area contributed by atoms with Crippen molar-refractivity contribution in [3.63, 3.8) is 0 Å². The first-order chi connectivity index (χ1) is 6.86. The monoisotopic (exact) mass is 279 g/mol. The van der Waals surface area contributed by atoms with Crippen molar-refractivity contribution >= 4 is 40.8 Å². The molecule has 7 heteroatoms. The fourth-order valence-electron chi connectivity index (χ4n) is 0.655. The van der Waals surface area contributed by atoms with Gasteiger partial charge in [0, 0.05) is 20.0 Å². The van der Waals surface area contributed by atoms with Crippen LogP contribution in [0.2, 0.25) is 0 Å². The number of carboxylic acid groups (broad SMARTS) is 1. The Kier molecular flexibility index (Phi) is 14.5. The van der Waals surface area contributed by atoms with E-state index in [0.717, 1.165) is 33.2 Å². The number of ether oxygens (including phenoxy) is 1. The third-order valence-corrected chi connectivity index (χ3v) is 1.23. The predicted octanol–water partition coefficient (Wildman–Crippen LogP) is 2.03. The van der Waals surface area contributed by atoms with E-state index in [4.69, 9.17) is 49.4 Å². The number of nitrogens with zero attached hydrogens (tertiary/aromatic N) is 1. The first kappa shape index (κ1) is 17.6. The van der Waals surface area contributed by atoms with E-state index in [-0.39, 0.29) is 0 Å². The van der Waals surface area contributed by atoms with Gasteiger partial charge in [0.15, 0.2) is 4.30 Å². The molecule has 0 aromatic heterocycles. The lowest BCUT2D eigenvalue weighted by Gasteiger charge is -2.21. The van der Waals surface area contributed by atoms with Crippen LogP contribution in [0.3, 0.4) is 0 Å². The van der Waals surface area contributed by atoms with Crippen LogP contribution >= 0.6 is 34.8 Å². The quantitative estimate of drug-likeness (QED) is 0.690. The Morgan fingerprint density at radius 2 is 1.60 bits per heavy atom. The lowest BCUT2D eigenvalue weighted by molar-refractivity contribution is -0.134. The van der Waals surface area contributed by atoms with Gasteiger partial charge in [0.2, 0.25) is 0 Å². The van der Waals surface area contributed by atoms with Gasteiger partial charge in [-0.15, -0.1) is 0 Å². The zero-order chi connectivity index (χ0) is 12.3. The third-order valence-electron chi connectivity index (χ3n) is 1.23. The molecule has 1 saturated heterocycles. The molecular formula is C8H16Cl3NO3. The molecule has 92 valence electrons. The van der Waals surface area contributed by atoms with Gasteiger partial charge in [0.1, 0.15) is 0 Å². The summed E-state index contributed by atoms with van der Waals surface area (Å²) in [5.74, 6) is -0.833. The van der Waals surface area contributed by atoms with Crippen LogP contribution in [-0.4, -0.2) is 53.6 Å². The second-order valence-corrected chi connectivity index (χ2v) is 4.66. The van der Waals surface area contributed by atoms with Gasteiger partial charge in [-0.2, -0.15) is 0 Å². The molecule has 1 aliphatic heterocycles. The first-order valence-corrected chi connectivity index (χ1v) is 5.55. The molecule has 0 amide bonds. The highest BCUT2D eigenvalue weighted by molar-refractivity contribution is 6.63. The minimum Gasteiger partial charge on any atom is -0.481 e. The zero-order valence-electron chi connectivity index (χ0n) is 8.75. The molecule has 0 atom stereocenters. The van der Waals surface area contributed by atoms with Crippen LogP contribution < -0.4 is 0 Å². The van der Waals surface area contributed by atoms with Crippen LogP contribution in [0, 0.1) is 0 Å². The number of rotatable bonds is 0. The summed E-state index contributed by atoms with van der Waals surface area (Å²) in [6, 6.07) is 0. The van der Waals surface area contributed by atoms with Crippen molar-refractivity contribution in [1.29, 1.82) is 0 Å². The Balaban J connectivity index is 0. The van der Waals surface area contributed by atoms with Gasteiger partial charge < -0.3 is 14.7 Å². The molecule has 1 heterocycles. The predicted molar refractivity (Wildman–Crippen MR) is 63.0 cm³/mol. The Labute approximate surface area is 105 Å². The molecule has 15 heavy (non-hydrogen) atoms. The van der Waals surface area contributed by atoms with E-state index < -0.39 is 10.3 Å². The van der Waals surface area contributed by atoms with E-state index in [9.17, 15) is 0 Å². The summed E-state index contributed by atoms with van der Waals surface area (Å²) in [6.45, 7) is 5.10. The van der Waals surface area contributed by atoms with Crippen molar-refractivity contribution in [3.05, 3.63) is 0 Å². The summed E-state index contributed by atoms with van der Waals surface area (Å²) in [7, 11) is 2.11. The molecular weight excluding hydrogens is 264 g/mol. The highest BCUT2D eigenvalue weighted by Gasteiger charge is 2.02. The Morgan fingerprint density at radius 3 is 1.73 bits per heavy atom. The fraction of sp³-hybridized carbons (Fsp3) is 0.875. The first-order valence-electron chi connectivity index (χ1n) is 4.24. The number of hydrogen-bond donors (Lipinski definition) is 1. The average molecular weight is 281 g/mol. The Bertz CT molecular complexity index is 145. The summed E-state index contributed by atoms with van der Waals surface area (Å²) in [4.78, 5) is 11.3. The number of alkyl halides is 3. The standard InChI is InChI=1S/C5H11NO.C2H4O2.CHCl3/c1-6-2-4-7-5-3-6;1-2(3)4;2-1(3)4/h2-5H2,1H3;1H3,(H,3,4);1H. The van der Waals surface area contributed by atoms with E-state index in [0.29, 0.717) is 0 Å². The maximum absolute atomic E-state index is 9.00. The minimum absolute atomic E-state index is 0.750. The maximum Gasteiger partial charge on any atom is 0.300 e. The van der Waals surface area contributed by atoms with Crippen molar-refractivity contribution < 1.29 is 14.6 Å². The van der Waals surface area contributed by atoms with Gasteiger partial charge >= 0.3 is 0 Å². The highest BCUT2D eigenvalue weighted by atomic mass is 35.6. The average Bonchev–Trinajstić information content (AvgIpc) is 2.03. The van der Waals surface area contributed by atoms with Crippen LogP contribution in [0.4, 0.5) is 0 Å². The van der Waals surface area contributed by atoms with Gasteiger partial charge in [0.25, 0.3) is 5.97 Å². The second kappa shape index (κ2) is 12.3. The number of likely N-dealkylation sites (N-methyl/N-ethyl adjacent to an activating group) is 1. The van der Waals surface area contributed by atoms with Gasteiger partial charge in [0.05, 0.1) is 13.2 Å². The van der Waals surface area contributed by atoms with Crippen LogP contribution in [0.1, 0.15) is 6.92 Å². The number of morpholine rings is 1. The summed E-state index contributed by atoms with van der Waals surface area (Å²) >= 11 is 14.4. The fourth-order valence-corrected chi connectivity index (χ4v) is 0.655. The van der Waals surface area contributed by atoms with Crippen molar-refractivity contribution in [2.24, 2.45) is 0 Å². The summed E-state index contributed by atoms with van der Waals surface area (Å²) in [5.41, 5.74) is 0. The molecule has 0 unspecified atom stereocenters. The van der Waals surface area contributed by atoms with Gasteiger partial charge in [-0.25, -0.2) is 0 Å². The van der Waals surface area contributed by atoms with Crippen LogP contribution in [0.5, 0.6) is 0 Å². The second-order valence-electron chi connectivity index (χ2n) is 2.68. The van der Waals surface area contributed by atoms with Crippen LogP contribution in [0.15, 0.2) is 0 Å². The number of halogens is 3. The van der Waals surface area contributed by atoms with E-state index in [2.05, 4.69) is 11.9 Å². The molecule has 4 nitrogen and oxygen atoms in total. The molecule has 0 bridgehead atoms. The smallest absolute Gasteiger partial charge is 0.300 e. The SMILES string of the molecule is CC(=O)O.CN1CCOCC1.ClC(Cl)Cl. The lowest BCUT2D eigenvalue weighted by atomic mass is 10.5. The van der Waals surface area contributed by atoms with Crippen molar-refractivity contribution in [2.75, 3.05) is 33.4 Å². The molecule has 1 fully saturated rings. The number of hydrogen-bond acceptors (Lipinski definition) is 3. The van der Waals surface area contributed by atoms with Crippen molar-refractivity contribution in [1.82, 2.24) is 4.90 Å². The van der Waals surface area contributed by atoms with E-state index in [1.165, 1.54) is 0 Å². The van der Waals surface area contributed by atoms with Crippen LogP contribution in [0.25, 0.3) is 0 Å². The Hall–Kier alpha value is 0.260. The van der Waals surface area contributed by atoms with Gasteiger partial charge in [-0.1, -0.05) is 34.8 Å². The van der Waals surface area contributed by atoms with Crippen LogP contribution in [-0.2, 0) is 9.53 Å². The van der Waals surface area contributed by atoms with Gasteiger partial charge in [-0.3, -0.25) is 4.79 Å². The third kappa shape index (κ3) is 31.4. The number of carbonyl (C=O) groups is 1. The molecule has 0 aromatic rings. The molecule has 1 N–H and O–H groups in total. The topological polar surface area (TPSA) is 49.8 Å². The summed E-state index contributed by atoms with van der Waals surface area (Å²) < 4.78 is 4.35. The molecule has 1 rings (SSSR count). The molecule has 0 aromatic carbocycles. The minimum atomic E-state index is -0.833. The molecule has 1 aliphatic rings. The maximum atomic E-state index is 9.00. The normalized spacial score (nSPS) is 15.9. The molecule has 0 saturated carbocycles. The number of aliphatic carboxylic acids is 1. The Morgan fingerprint density at radius 1 is 1.33 bits per heavy atom. The number of carboxylic acids is 1. The van der Waals surface area contributed by atoms with Crippen molar-refractivity contribution in [2.45, 2.75) is 11.2 Å². The van der Waals surface area contributed by atoms with E-state index in [1.807, 2.05) is 0 Å². The lowest BCUT2D eigenvalue weighted by Crippen LogP contribution is -2.32. The summed E-state index contributed by atoms with van der Waals surface area (Å²) in [5, 5.41) is 7.42.